The Morgan fingerprint density at radius 3 is 2.69 bits per heavy atom. The van der Waals surface area contributed by atoms with Crippen molar-refractivity contribution in [2.45, 2.75) is 13.8 Å². The first-order valence-electron chi connectivity index (χ1n) is 10.7. The van der Waals surface area contributed by atoms with Gasteiger partial charge in [-0.3, -0.25) is 19.3 Å². The van der Waals surface area contributed by atoms with Gasteiger partial charge in [0.1, 0.15) is 6.54 Å². The highest BCUT2D eigenvalue weighted by Crippen LogP contribution is 2.36. The second-order valence-corrected chi connectivity index (χ2v) is 9.40. The number of nitrogens with one attached hydrogen (secondary N) is 1. The second kappa shape index (κ2) is 9.16. The zero-order valence-corrected chi connectivity index (χ0v) is 20.4. The van der Waals surface area contributed by atoms with Gasteiger partial charge in [0.25, 0.3) is 11.1 Å². The van der Waals surface area contributed by atoms with Crippen molar-refractivity contribution in [2.24, 2.45) is 0 Å². The van der Waals surface area contributed by atoms with E-state index in [2.05, 4.69) is 5.32 Å². The number of amides is 3. The van der Waals surface area contributed by atoms with Gasteiger partial charge in [0, 0.05) is 23.1 Å². The first-order valence-corrected chi connectivity index (χ1v) is 11.9. The summed E-state index contributed by atoms with van der Waals surface area (Å²) < 4.78 is 12.9. The largest absolute Gasteiger partial charge is 0.454 e. The Labute approximate surface area is 210 Å². The van der Waals surface area contributed by atoms with E-state index in [4.69, 9.17) is 21.1 Å². The molecule has 0 atom stereocenters. The van der Waals surface area contributed by atoms with E-state index in [0.29, 0.717) is 22.2 Å². The van der Waals surface area contributed by atoms with Crippen LogP contribution < -0.4 is 14.8 Å². The molecule has 35 heavy (non-hydrogen) atoms. The minimum atomic E-state index is -0.512. The maximum atomic E-state index is 12.9. The second-order valence-electron chi connectivity index (χ2n) is 8.00. The number of carbonyl (C=O) groups is 3. The Hall–Kier alpha value is -3.69. The van der Waals surface area contributed by atoms with Crippen LogP contribution in [-0.4, -0.2) is 39.9 Å². The van der Waals surface area contributed by atoms with E-state index < -0.39 is 23.6 Å². The third-order valence-electron chi connectivity index (χ3n) is 5.69. The summed E-state index contributed by atoms with van der Waals surface area (Å²) in [5, 5.41) is 2.50. The molecule has 8 nitrogen and oxygen atoms in total. The number of nitrogens with zero attached hydrogens (tertiary/aromatic N) is 2. The molecule has 1 fully saturated rings. The quantitative estimate of drug-likeness (QED) is 0.478. The van der Waals surface area contributed by atoms with Crippen molar-refractivity contribution in [2.75, 3.05) is 18.7 Å². The lowest BCUT2D eigenvalue weighted by Crippen LogP contribution is -2.36. The highest BCUT2D eigenvalue weighted by molar-refractivity contribution is 8.18. The Bertz CT molecular complexity index is 1410. The zero-order chi connectivity index (χ0) is 24.7. The lowest BCUT2D eigenvalue weighted by Gasteiger charge is -2.13. The SMILES string of the molecule is Cc1cc(/C=C2/SC(=O)N(CC(=O)Nc3ccccc3Cl)C2=O)c(C)n1-c1ccc2c(c1)OCO2. The Kier molecular flexibility index (Phi) is 6.04. The van der Waals surface area contributed by atoms with E-state index in [1.165, 1.54) is 0 Å². The van der Waals surface area contributed by atoms with E-state index in [1.807, 2.05) is 42.7 Å². The van der Waals surface area contributed by atoms with Crippen LogP contribution in [0.3, 0.4) is 0 Å². The third-order valence-corrected chi connectivity index (χ3v) is 6.93. The maximum Gasteiger partial charge on any atom is 0.294 e. The molecule has 0 saturated carbocycles. The molecular formula is C25H20ClN3O5S. The first kappa shape index (κ1) is 23.1. The molecule has 1 N–H and O–H groups in total. The number of para-hydroxylation sites is 1. The molecule has 10 heteroatoms. The van der Waals surface area contributed by atoms with Gasteiger partial charge in [0.15, 0.2) is 11.5 Å². The molecule has 0 radical (unpaired) electrons. The molecule has 1 saturated heterocycles. The molecule has 0 aliphatic carbocycles. The van der Waals surface area contributed by atoms with Crippen LogP contribution in [0.2, 0.25) is 5.02 Å². The number of ether oxygens (including phenoxy) is 2. The van der Waals surface area contributed by atoms with Gasteiger partial charge in [-0.2, -0.15) is 0 Å². The van der Waals surface area contributed by atoms with Crippen molar-refractivity contribution >= 4 is 52.2 Å². The number of aromatic nitrogens is 1. The lowest BCUT2D eigenvalue weighted by atomic mass is 10.2. The minimum Gasteiger partial charge on any atom is -0.454 e. The fourth-order valence-electron chi connectivity index (χ4n) is 4.03. The van der Waals surface area contributed by atoms with Crippen molar-refractivity contribution in [1.29, 1.82) is 0 Å². The van der Waals surface area contributed by atoms with Gasteiger partial charge in [-0.15, -0.1) is 0 Å². The molecule has 0 bridgehead atoms. The van der Waals surface area contributed by atoms with Crippen LogP contribution in [0.25, 0.3) is 11.8 Å². The summed E-state index contributed by atoms with van der Waals surface area (Å²) in [4.78, 5) is 39.1. The van der Waals surface area contributed by atoms with Crippen molar-refractivity contribution in [1.82, 2.24) is 9.47 Å². The molecule has 5 rings (SSSR count). The van der Waals surface area contributed by atoms with E-state index in [-0.39, 0.29) is 11.7 Å². The smallest absolute Gasteiger partial charge is 0.294 e. The molecular weight excluding hydrogens is 490 g/mol. The fraction of sp³-hybridized carbons (Fsp3) is 0.160. The summed E-state index contributed by atoms with van der Waals surface area (Å²) in [7, 11) is 0. The molecule has 0 unspecified atom stereocenters. The van der Waals surface area contributed by atoms with Gasteiger partial charge in [-0.05, 0) is 67.6 Å². The predicted molar refractivity (Wildman–Crippen MR) is 134 cm³/mol. The molecule has 3 aromatic rings. The summed E-state index contributed by atoms with van der Waals surface area (Å²) in [5.74, 6) is 0.348. The number of hydrogen-bond donors (Lipinski definition) is 1. The van der Waals surface area contributed by atoms with Gasteiger partial charge in [0.2, 0.25) is 12.7 Å². The van der Waals surface area contributed by atoms with Gasteiger partial charge in [-0.1, -0.05) is 23.7 Å². The molecule has 2 aliphatic heterocycles. The number of hydrogen-bond acceptors (Lipinski definition) is 6. The molecule has 0 spiro atoms. The summed E-state index contributed by atoms with van der Waals surface area (Å²) >= 11 is 6.88. The summed E-state index contributed by atoms with van der Waals surface area (Å²) in [5.41, 5.74) is 3.95. The molecule has 1 aromatic heterocycles. The monoisotopic (exact) mass is 509 g/mol. The highest BCUT2D eigenvalue weighted by Gasteiger charge is 2.36. The number of carbonyl (C=O) groups excluding carboxylic acids is 3. The van der Waals surface area contributed by atoms with E-state index >= 15 is 0 Å². The first-order chi connectivity index (χ1) is 16.8. The number of thioether (sulfide) groups is 1. The van der Waals surface area contributed by atoms with Crippen molar-refractivity contribution in [3.63, 3.8) is 0 Å². The van der Waals surface area contributed by atoms with Gasteiger partial charge < -0.3 is 19.4 Å². The summed E-state index contributed by atoms with van der Waals surface area (Å²) in [6.45, 7) is 3.69. The van der Waals surface area contributed by atoms with Gasteiger partial charge in [-0.25, -0.2) is 0 Å². The fourth-order valence-corrected chi connectivity index (χ4v) is 5.04. The maximum absolute atomic E-state index is 12.9. The van der Waals surface area contributed by atoms with Crippen LogP contribution in [-0.2, 0) is 9.59 Å². The number of anilines is 1. The number of rotatable bonds is 5. The Morgan fingerprint density at radius 2 is 1.89 bits per heavy atom. The topological polar surface area (TPSA) is 89.9 Å². The molecule has 178 valence electrons. The van der Waals surface area contributed by atoms with Crippen LogP contribution in [0.15, 0.2) is 53.4 Å². The van der Waals surface area contributed by atoms with Crippen molar-refractivity contribution in [3.8, 4) is 17.2 Å². The molecule has 2 aromatic carbocycles. The molecule has 3 amide bonds. The minimum absolute atomic E-state index is 0.194. The van der Waals surface area contributed by atoms with E-state index in [9.17, 15) is 14.4 Å². The number of imide groups is 1. The van der Waals surface area contributed by atoms with Crippen LogP contribution in [0.5, 0.6) is 11.5 Å². The van der Waals surface area contributed by atoms with Crippen molar-refractivity contribution in [3.05, 3.63) is 75.4 Å². The lowest BCUT2D eigenvalue weighted by molar-refractivity contribution is -0.127. The van der Waals surface area contributed by atoms with Gasteiger partial charge >= 0.3 is 0 Å². The zero-order valence-electron chi connectivity index (χ0n) is 18.8. The normalized spacial score (nSPS) is 15.9. The average molecular weight is 510 g/mol. The van der Waals surface area contributed by atoms with Crippen LogP contribution in [0.4, 0.5) is 10.5 Å². The van der Waals surface area contributed by atoms with Crippen LogP contribution in [0, 0.1) is 13.8 Å². The predicted octanol–water partition coefficient (Wildman–Crippen LogP) is 5.15. The summed E-state index contributed by atoms with van der Waals surface area (Å²) in [6, 6.07) is 14.4. The van der Waals surface area contributed by atoms with Gasteiger partial charge in [0.05, 0.1) is 15.6 Å². The number of fused-ring (bicyclic) bond motifs is 1. The standard InChI is InChI=1S/C25H20ClN3O5S/c1-14-9-16(15(2)29(14)17-7-8-20-21(11-17)34-13-33-20)10-22-24(31)28(25(32)35-22)12-23(30)27-19-6-4-3-5-18(19)26/h3-11H,12-13H2,1-2H3,(H,27,30)/b22-10+. The van der Waals surface area contributed by atoms with E-state index in [0.717, 1.165) is 39.3 Å². The highest BCUT2D eigenvalue weighted by atomic mass is 35.5. The number of halogens is 1. The third kappa shape index (κ3) is 4.40. The van der Waals surface area contributed by atoms with Crippen molar-refractivity contribution < 1.29 is 23.9 Å². The Morgan fingerprint density at radius 1 is 1.11 bits per heavy atom. The number of aryl methyl sites for hydroxylation is 1. The molecule has 3 heterocycles. The molecule has 2 aliphatic rings. The van der Waals surface area contributed by atoms with Crippen LogP contribution in [0.1, 0.15) is 17.0 Å². The number of benzene rings is 2. The Balaban J connectivity index is 1.35. The van der Waals surface area contributed by atoms with Crippen LogP contribution >= 0.6 is 23.4 Å². The summed E-state index contributed by atoms with van der Waals surface area (Å²) in [6.07, 6.45) is 1.68. The average Bonchev–Trinajstić information content (AvgIpc) is 3.48. The van der Waals surface area contributed by atoms with E-state index in [1.54, 1.807) is 30.3 Å².